The molecule has 0 bridgehead atoms. The summed E-state index contributed by atoms with van der Waals surface area (Å²) in [5, 5.41) is 0.694. The van der Waals surface area contributed by atoms with Crippen LogP contribution in [0.15, 0.2) is 24.3 Å². The molecule has 2 N–H and O–H groups in total. The molecule has 1 aliphatic heterocycles. The number of halogens is 1. The van der Waals surface area contributed by atoms with Gasteiger partial charge in [-0.25, -0.2) is 0 Å². The van der Waals surface area contributed by atoms with E-state index < -0.39 is 0 Å². The average Bonchev–Trinajstić information content (AvgIpc) is 2.44. The highest BCUT2D eigenvalue weighted by Gasteiger charge is 2.35. The highest BCUT2D eigenvalue weighted by molar-refractivity contribution is 6.30. The molecule has 3 nitrogen and oxygen atoms in total. The van der Waals surface area contributed by atoms with Crippen LogP contribution in [-0.2, 0) is 4.79 Å². The zero-order valence-electron chi connectivity index (χ0n) is 8.48. The van der Waals surface area contributed by atoms with E-state index >= 15 is 0 Å². The molecule has 1 heterocycles. The summed E-state index contributed by atoms with van der Waals surface area (Å²) in [6.07, 6.45) is 0.420. The Hall–Kier alpha value is -1.06. The maximum atomic E-state index is 11.5. The first-order valence-corrected chi connectivity index (χ1v) is 5.24. The molecule has 15 heavy (non-hydrogen) atoms. The quantitative estimate of drug-likeness (QED) is 0.787. The number of carbonyl (C=O) groups excluding carboxylic acids is 1. The number of nitrogens with two attached hydrogens (primary N) is 1. The van der Waals surface area contributed by atoms with Crippen molar-refractivity contribution in [1.82, 2.24) is 4.90 Å². The highest BCUT2D eigenvalue weighted by atomic mass is 35.5. The first-order chi connectivity index (χ1) is 7.09. The third-order valence-corrected chi connectivity index (χ3v) is 3.09. The van der Waals surface area contributed by atoms with Crippen LogP contribution >= 0.6 is 11.6 Å². The molecule has 0 aliphatic carbocycles. The van der Waals surface area contributed by atoms with Crippen molar-refractivity contribution in [1.29, 1.82) is 0 Å². The van der Waals surface area contributed by atoms with Gasteiger partial charge < -0.3 is 10.6 Å². The van der Waals surface area contributed by atoms with Gasteiger partial charge in [0.2, 0.25) is 5.91 Å². The summed E-state index contributed by atoms with van der Waals surface area (Å²) in [7, 11) is 1.79. The molecular formula is C11H13ClN2O. The highest BCUT2D eigenvalue weighted by Crippen LogP contribution is 2.30. The van der Waals surface area contributed by atoms with E-state index in [1.54, 1.807) is 11.9 Å². The Kier molecular flexibility index (Phi) is 2.67. The van der Waals surface area contributed by atoms with E-state index in [1.165, 1.54) is 0 Å². The largest absolute Gasteiger partial charge is 0.337 e. The SMILES string of the molecule is CN1C(=O)C[C@H](N)[C@H]1c1ccc(Cl)cc1. The second-order valence-corrected chi connectivity index (χ2v) is 4.31. The maximum Gasteiger partial charge on any atom is 0.224 e. The van der Waals surface area contributed by atoms with Crippen LogP contribution in [0, 0.1) is 0 Å². The Morgan fingerprint density at radius 2 is 2.00 bits per heavy atom. The lowest BCUT2D eigenvalue weighted by Gasteiger charge is -2.23. The van der Waals surface area contributed by atoms with Crippen molar-refractivity contribution in [2.75, 3.05) is 7.05 Å². The molecule has 1 aromatic carbocycles. The number of likely N-dealkylation sites (tertiary alicyclic amines) is 1. The fraction of sp³-hybridized carbons (Fsp3) is 0.364. The fourth-order valence-corrected chi connectivity index (χ4v) is 2.16. The first kappa shape index (κ1) is 10.5. The van der Waals surface area contributed by atoms with Crippen LogP contribution in [0.1, 0.15) is 18.0 Å². The number of amides is 1. The normalized spacial score (nSPS) is 26.1. The number of carbonyl (C=O) groups is 1. The topological polar surface area (TPSA) is 46.3 Å². The smallest absolute Gasteiger partial charge is 0.224 e. The van der Waals surface area contributed by atoms with Crippen molar-refractivity contribution in [2.45, 2.75) is 18.5 Å². The van der Waals surface area contributed by atoms with Gasteiger partial charge in [0.25, 0.3) is 0 Å². The van der Waals surface area contributed by atoms with Gasteiger partial charge in [0, 0.05) is 24.5 Å². The number of likely N-dealkylation sites (N-methyl/N-ethyl adjacent to an activating group) is 1. The van der Waals surface area contributed by atoms with E-state index in [2.05, 4.69) is 0 Å². The molecule has 0 aromatic heterocycles. The van der Waals surface area contributed by atoms with E-state index in [-0.39, 0.29) is 18.0 Å². The molecule has 4 heteroatoms. The molecule has 0 spiro atoms. The minimum absolute atomic E-state index is 0.0187. The molecule has 1 saturated heterocycles. The van der Waals surface area contributed by atoms with Gasteiger partial charge in [0.05, 0.1) is 6.04 Å². The minimum atomic E-state index is -0.122. The fourth-order valence-electron chi connectivity index (χ4n) is 2.03. The predicted octanol–water partition coefficient (Wildman–Crippen LogP) is 1.57. The summed E-state index contributed by atoms with van der Waals surface area (Å²) in [4.78, 5) is 13.2. The second-order valence-electron chi connectivity index (χ2n) is 3.87. The van der Waals surface area contributed by atoms with Gasteiger partial charge in [0.1, 0.15) is 0 Å². The lowest BCUT2D eigenvalue weighted by Crippen LogP contribution is -2.30. The Morgan fingerprint density at radius 3 is 2.47 bits per heavy atom. The van der Waals surface area contributed by atoms with Crippen LogP contribution < -0.4 is 5.73 Å². The number of hydrogen-bond acceptors (Lipinski definition) is 2. The lowest BCUT2D eigenvalue weighted by atomic mass is 10.0. The first-order valence-electron chi connectivity index (χ1n) is 4.86. The summed E-state index contributed by atoms with van der Waals surface area (Å²) in [5.74, 6) is 0.0995. The van der Waals surface area contributed by atoms with Crippen LogP contribution in [0.3, 0.4) is 0 Å². The van der Waals surface area contributed by atoms with E-state index in [4.69, 9.17) is 17.3 Å². The Balaban J connectivity index is 2.30. The standard InChI is InChI=1S/C11H13ClN2O/c1-14-10(15)6-9(13)11(14)7-2-4-8(12)5-3-7/h2-5,9,11H,6,13H2,1H3/t9-,11+/m0/s1. The van der Waals surface area contributed by atoms with Crippen molar-refractivity contribution in [2.24, 2.45) is 5.73 Å². The number of benzene rings is 1. The Bertz CT molecular complexity index is 377. The molecule has 1 fully saturated rings. The molecule has 0 radical (unpaired) electrons. The number of rotatable bonds is 1. The monoisotopic (exact) mass is 224 g/mol. The number of nitrogens with zero attached hydrogens (tertiary/aromatic N) is 1. The van der Waals surface area contributed by atoms with Gasteiger partial charge in [-0.1, -0.05) is 23.7 Å². The summed E-state index contributed by atoms with van der Waals surface area (Å²) in [6.45, 7) is 0. The van der Waals surface area contributed by atoms with E-state index in [9.17, 15) is 4.79 Å². The van der Waals surface area contributed by atoms with Crippen LogP contribution in [-0.4, -0.2) is 23.9 Å². The van der Waals surface area contributed by atoms with Crippen LogP contribution in [0.25, 0.3) is 0 Å². The molecule has 0 saturated carbocycles. The molecule has 1 amide bonds. The van der Waals surface area contributed by atoms with E-state index in [0.29, 0.717) is 11.4 Å². The van der Waals surface area contributed by atoms with Crippen molar-refractivity contribution >= 4 is 17.5 Å². The van der Waals surface area contributed by atoms with Gasteiger partial charge in [-0.05, 0) is 17.7 Å². The molecule has 80 valence electrons. The Morgan fingerprint density at radius 1 is 1.40 bits per heavy atom. The van der Waals surface area contributed by atoms with E-state index in [0.717, 1.165) is 5.56 Å². The third-order valence-electron chi connectivity index (χ3n) is 2.84. The van der Waals surface area contributed by atoms with Crippen LogP contribution in [0.2, 0.25) is 5.02 Å². The van der Waals surface area contributed by atoms with Crippen molar-refractivity contribution in [3.63, 3.8) is 0 Å². The lowest BCUT2D eigenvalue weighted by molar-refractivity contribution is -0.127. The predicted molar refractivity (Wildman–Crippen MR) is 59.6 cm³/mol. The second kappa shape index (κ2) is 3.83. The zero-order chi connectivity index (χ0) is 11.0. The zero-order valence-corrected chi connectivity index (χ0v) is 9.24. The Labute approximate surface area is 93.8 Å². The maximum absolute atomic E-state index is 11.5. The molecule has 1 aliphatic rings. The number of hydrogen-bond donors (Lipinski definition) is 1. The van der Waals surface area contributed by atoms with Gasteiger partial charge in [-0.15, -0.1) is 0 Å². The summed E-state index contributed by atoms with van der Waals surface area (Å²) in [6, 6.07) is 7.34. The van der Waals surface area contributed by atoms with Gasteiger partial charge in [0.15, 0.2) is 0 Å². The van der Waals surface area contributed by atoms with Crippen LogP contribution in [0.4, 0.5) is 0 Å². The third kappa shape index (κ3) is 1.85. The summed E-state index contributed by atoms with van der Waals surface area (Å²) in [5.41, 5.74) is 6.98. The van der Waals surface area contributed by atoms with Crippen LogP contribution in [0.5, 0.6) is 0 Å². The summed E-state index contributed by atoms with van der Waals surface area (Å²) >= 11 is 5.81. The van der Waals surface area contributed by atoms with Crippen molar-refractivity contribution in [3.8, 4) is 0 Å². The molecule has 2 rings (SSSR count). The van der Waals surface area contributed by atoms with Crippen molar-refractivity contribution in [3.05, 3.63) is 34.9 Å². The molecule has 0 unspecified atom stereocenters. The average molecular weight is 225 g/mol. The van der Waals surface area contributed by atoms with Crippen molar-refractivity contribution < 1.29 is 4.79 Å². The molecule has 2 atom stereocenters. The van der Waals surface area contributed by atoms with Gasteiger partial charge >= 0.3 is 0 Å². The van der Waals surface area contributed by atoms with Gasteiger partial charge in [-0.3, -0.25) is 4.79 Å². The summed E-state index contributed by atoms with van der Waals surface area (Å²) < 4.78 is 0. The minimum Gasteiger partial charge on any atom is -0.337 e. The molecular weight excluding hydrogens is 212 g/mol. The van der Waals surface area contributed by atoms with Gasteiger partial charge in [-0.2, -0.15) is 0 Å². The molecule has 1 aromatic rings. The van der Waals surface area contributed by atoms with E-state index in [1.807, 2.05) is 24.3 Å².